The lowest BCUT2D eigenvalue weighted by atomic mass is 10.2. The van der Waals surface area contributed by atoms with Gasteiger partial charge in [0.15, 0.2) is 9.84 Å². The molecule has 2 fully saturated rings. The molecule has 1 aromatic carbocycles. The Labute approximate surface area is 103 Å². The zero-order valence-corrected chi connectivity index (χ0v) is 10.9. The smallest absolute Gasteiger partial charge is 0.153 e. The molecule has 0 aliphatic carbocycles. The summed E-state index contributed by atoms with van der Waals surface area (Å²) in [5.41, 5.74) is 1.10. The third kappa shape index (κ3) is 1.83. The number of anilines is 1. The molecule has 2 aliphatic rings. The molecule has 2 saturated heterocycles. The number of sulfone groups is 1. The van der Waals surface area contributed by atoms with Gasteiger partial charge < -0.3 is 4.31 Å². The Kier molecular flexibility index (Phi) is 2.60. The van der Waals surface area contributed by atoms with Crippen molar-refractivity contribution in [3.05, 3.63) is 30.3 Å². The molecule has 3 rings (SSSR count). The largest absolute Gasteiger partial charge is 0.302 e. The quantitative estimate of drug-likeness (QED) is 0.577. The Hall–Kier alpha value is -0.330. The van der Waals surface area contributed by atoms with E-state index in [1.807, 2.05) is 30.3 Å². The molecule has 2 unspecified atom stereocenters. The molecule has 2 aliphatic heterocycles. The summed E-state index contributed by atoms with van der Waals surface area (Å²) >= 11 is 0. The van der Waals surface area contributed by atoms with Crippen LogP contribution in [-0.4, -0.2) is 31.2 Å². The van der Waals surface area contributed by atoms with E-state index in [0.29, 0.717) is 11.5 Å². The normalized spacial score (nSPS) is 31.6. The van der Waals surface area contributed by atoms with Crippen LogP contribution in [0.3, 0.4) is 0 Å². The van der Waals surface area contributed by atoms with Crippen molar-refractivity contribution in [2.45, 2.75) is 11.3 Å². The fraction of sp³-hybridized carbons (Fsp3) is 0.400. The Morgan fingerprint density at radius 2 is 1.94 bits per heavy atom. The summed E-state index contributed by atoms with van der Waals surface area (Å²) < 4.78 is 25.3. The first-order valence-electron chi connectivity index (χ1n) is 5.04. The van der Waals surface area contributed by atoms with Gasteiger partial charge >= 0.3 is 0 Å². The third-order valence-electron chi connectivity index (χ3n) is 2.83. The van der Waals surface area contributed by atoms with E-state index >= 15 is 0 Å². The first kappa shape index (κ1) is 10.8. The van der Waals surface area contributed by atoms with Crippen LogP contribution in [0, 0.1) is 0 Å². The zero-order valence-electron chi connectivity index (χ0n) is 8.44. The van der Waals surface area contributed by atoms with Crippen LogP contribution in [-0.2, 0) is 9.84 Å². The number of fused-ring (bicyclic) bond motifs is 1. The Morgan fingerprint density at radius 3 is 2.69 bits per heavy atom. The summed E-state index contributed by atoms with van der Waals surface area (Å²) in [6, 6.07) is 10.1. The van der Waals surface area contributed by atoms with Crippen LogP contribution in [0.15, 0.2) is 30.3 Å². The summed E-state index contributed by atoms with van der Waals surface area (Å²) in [6.45, 7) is 0. The molecule has 3 nitrogen and oxygen atoms in total. The number of benzene rings is 1. The number of hydrogen-bond donors (Lipinski definition) is 0. The summed E-state index contributed by atoms with van der Waals surface area (Å²) in [5.74, 6) is 0.630. The monoisotopic (exact) mass is 273 g/mol. The van der Waals surface area contributed by atoms with Crippen LogP contribution in [0.5, 0.6) is 0 Å². The van der Waals surface area contributed by atoms with Gasteiger partial charge in [0.1, 0.15) is 0 Å². The molecule has 2 heterocycles. The first-order valence-corrected chi connectivity index (χ1v) is 9.03. The maximum absolute atomic E-state index is 11.6. The van der Waals surface area contributed by atoms with Crippen molar-refractivity contribution in [3.63, 3.8) is 0 Å². The molecule has 2 atom stereocenters. The maximum Gasteiger partial charge on any atom is 0.153 e. The minimum atomic E-state index is -2.82. The van der Waals surface area contributed by atoms with Gasteiger partial charge in [0, 0.05) is 16.7 Å². The molecule has 1 aromatic rings. The van der Waals surface area contributed by atoms with Crippen molar-refractivity contribution in [2.75, 3.05) is 15.8 Å². The lowest BCUT2D eigenvalue weighted by Crippen LogP contribution is -2.31. The topological polar surface area (TPSA) is 37.4 Å². The van der Waals surface area contributed by atoms with E-state index < -0.39 is 9.84 Å². The van der Waals surface area contributed by atoms with Crippen molar-refractivity contribution in [2.24, 2.45) is 0 Å². The predicted molar refractivity (Wildman–Crippen MR) is 70.3 cm³/mol. The average molecular weight is 273 g/mol. The molecule has 0 bridgehead atoms. The van der Waals surface area contributed by atoms with Gasteiger partial charge in [-0.3, -0.25) is 0 Å². The lowest BCUT2D eigenvalue weighted by Gasteiger charge is -2.21. The third-order valence-corrected chi connectivity index (χ3v) is 7.70. The summed E-state index contributed by atoms with van der Waals surface area (Å²) in [7, 11) is 0.533. The highest BCUT2D eigenvalue weighted by Crippen LogP contribution is 2.49. The SMILES string of the molecule is O=S1(=O)CC2SSN(c3ccccc3)C2C1. The second-order valence-corrected chi connectivity index (χ2v) is 8.53. The lowest BCUT2D eigenvalue weighted by molar-refractivity contribution is 0.601. The van der Waals surface area contributed by atoms with Gasteiger partial charge in [-0.2, -0.15) is 0 Å². The molecule has 86 valence electrons. The molecular weight excluding hydrogens is 262 g/mol. The predicted octanol–water partition coefficient (Wildman–Crippen LogP) is 1.97. The Bertz CT molecular complexity index is 488. The van der Waals surface area contributed by atoms with Gasteiger partial charge in [-0.25, -0.2) is 8.42 Å². The van der Waals surface area contributed by atoms with E-state index in [-0.39, 0.29) is 11.3 Å². The minimum Gasteiger partial charge on any atom is -0.302 e. The Balaban J connectivity index is 1.90. The summed E-state index contributed by atoms with van der Waals surface area (Å²) in [4.78, 5) is 0. The van der Waals surface area contributed by atoms with E-state index in [0.717, 1.165) is 5.69 Å². The first-order chi connectivity index (χ1) is 7.66. The average Bonchev–Trinajstić information content (AvgIpc) is 2.74. The van der Waals surface area contributed by atoms with Crippen molar-refractivity contribution in [1.82, 2.24) is 0 Å². The molecule has 0 aromatic heterocycles. The fourth-order valence-corrected chi connectivity index (χ4v) is 8.15. The van der Waals surface area contributed by atoms with Crippen molar-refractivity contribution >= 4 is 37.3 Å². The van der Waals surface area contributed by atoms with Crippen LogP contribution in [0.2, 0.25) is 0 Å². The van der Waals surface area contributed by atoms with Crippen LogP contribution >= 0.6 is 21.8 Å². The van der Waals surface area contributed by atoms with Gasteiger partial charge in [-0.15, -0.1) is 0 Å². The van der Waals surface area contributed by atoms with E-state index in [4.69, 9.17) is 0 Å². The van der Waals surface area contributed by atoms with Crippen molar-refractivity contribution < 1.29 is 8.42 Å². The summed E-state index contributed by atoms with van der Waals surface area (Å²) in [5, 5.41) is 0.232. The zero-order chi connectivity index (χ0) is 11.2. The minimum absolute atomic E-state index is 0.141. The molecule has 0 spiro atoms. The number of rotatable bonds is 1. The fourth-order valence-electron chi connectivity index (χ4n) is 2.07. The highest BCUT2D eigenvalue weighted by atomic mass is 33.1. The second kappa shape index (κ2) is 3.85. The van der Waals surface area contributed by atoms with Gasteiger partial charge in [-0.1, -0.05) is 29.0 Å². The van der Waals surface area contributed by atoms with Gasteiger partial charge in [0.05, 0.1) is 22.8 Å². The van der Waals surface area contributed by atoms with E-state index in [1.165, 1.54) is 0 Å². The highest BCUT2D eigenvalue weighted by molar-refractivity contribution is 8.78. The number of hydrogen-bond acceptors (Lipinski definition) is 5. The number of para-hydroxylation sites is 1. The van der Waals surface area contributed by atoms with Gasteiger partial charge in [0.25, 0.3) is 0 Å². The molecule has 0 radical (unpaired) electrons. The van der Waals surface area contributed by atoms with E-state index in [2.05, 4.69) is 4.31 Å². The standard InChI is InChI=1S/C10H11NO2S3/c12-16(13)6-9-10(7-16)14-15-11(9)8-4-2-1-3-5-8/h1-5,9-10H,6-7H2. The summed E-state index contributed by atoms with van der Waals surface area (Å²) in [6.07, 6.45) is 0. The molecule has 6 heteroatoms. The number of nitrogens with zero attached hydrogens (tertiary/aromatic N) is 1. The van der Waals surface area contributed by atoms with Crippen LogP contribution < -0.4 is 4.31 Å². The van der Waals surface area contributed by atoms with Crippen LogP contribution in [0.25, 0.3) is 0 Å². The van der Waals surface area contributed by atoms with E-state index in [9.17, 15) is 8.42 Å². The van der Waals surface area contributed by atoms with Crippen LogP contribution in [0.4, 0.5) is 5.69 Å². The highest BCUT2D eigenvalue weighted by Gasteiger charge is 2.46. The Morgan fingerprint density at radius 1 is 1.19 bits per heavy atom. The molecule has 0 amide bonds. The molecular formula is C10H11NO2S3. The maximum atomic E-state index is 11.6. The molecule has 0 saturated carbocycles. The van der Waals surface area contributed by atoms with E-state index in [1.54, 1.807) is 21.8 Å². The molecule has 16 heavy (non-hydrogen) atoms. The van der Waals surface area contributed by atoms with Gasteiger partial charge in [0.2, 0.25) is 0 Å². The van der Waals surface area contributed by atoms with Crippen molar-refractivity contribution in [3.8, 4) is 0 Å². The van der Waals surface area contributed by atoms with Gasteiger partial charge in [-0.05, 0) is 12.1 Å². The van der Waals surface area contributed by atoms with Crippen LogP contribution in [0.1, 0.15) is 0 Å². The van der Waals surface area contributed by atoms with Crippen molar-refractivity contribution in [1.29, 1.82) is 0 Å². The second-order valence-electron chi connectivity index (χ2n) is 4.01. The molecule has 0 N–H and O–H groups in total.